The zero-order chi connectivity index (χ0) is 15.7. The Morgan fingerprint density at radius 2 is 2.10 bits per heavy atom. The Hall–Kier alpha value is -2.48. The molecule has 0 saturated heterocycles. The lowest BCUT2D eigenvalue weighted by atomic mass is 10.1. The van der Waals surface area contributed by atoms with E-state index in [9.17, 15) is 4.79 Å². The van der Waals surface area contributed by atoms with E-state index in [0.29, 0.717) is 23.7 Å². The summed E-state index contributed by atoms with van der Waals surface area (Å²) in [6.07, 6.45) is 3.46. The maximum atomic E-state index is 11.4. The van der Waals surface area contributed by atoms with Crippen molar-refractivity contribution in [3.8, 4) is 17.6 Å². The molecule has 0 aliphatic rings. The molecule has 0 aliphatic heterocycles. The monoisotopic (exact) mass is 289 g/mol. The molecule has 21 heavy (non-hydrogen) atoms. The SMILES string of the molecule is CCCCOc1ccc(C=C(C#N)C(=O)OC)cc1OC. The minimum absolute atomic E-state index is 0.0702. The van der Waals surface area contributed by atoms with Gasteiger partial charge in [-0.2, -0.15) is 5.26 Å². The highest BCUT2D eigenvalue weighted by molar-refractivity contribution is 5.97. The van der Waals surface area contributed by atoms with Gasteiger partial charge in [-0.05, 0) is 30.2 Å². The summed E-state index contributed by atoms with van der Waals surface area (Å²) < 4.78 is 15.4. The fourth-order valence-corrected chi connectivity index (χ4v) is 1.63. The fourth-order valence-electron chi connectivity index (χ4n) is 1.63. The van der Waals surface area contributed by atoms with Gasteiger partial charge in [-0.3, -0.25) is 0 Å². The number of hydrogen-bond donors (Lipinski definition) is 0. The van der Waals surface area contributed by atoms with Gasteiger partial charge in [0, 0.05) is 0 Å². The van der Waals surface area contributed by atoms with Crippen LogP contribution in [-0.4, -0.2) is 26.8 Å². The second-order valence-electron chi connectivity index (χ2n) is 4.27. The number of methoxy groups -OCH3 is 2. The number of nitriles is 1. The van der Waals surface area contributed by atoms with Crippen molar-refractivity contribution in [3.05, 3.63) is 29.3 Å². The van der Waals surface area contributed by atoms with Gasteiger partial charge in [0.25, 0.3) is 0 Å². The summed E-state index contributed by atoms with van der Waals surface area (Å²) in [4.78, 5) is 11.4. The molecular weight excluding hydrogens is 270 g/mol. The minimum Gasteiger partial charge on any atom is -0.493 e. The van der Waals surface area contributed by atoms with E-state index in [4.69, 9.17) is 14.7 Å². The first-order valence-electron chi connectivity index (χ1n) is 6.67. The maximum Gasteiger partial charge on any atom is 0.348 e. The average molecular weight is 289 g/mol. The van der Waals surface area contributed by atoms with Crippen LogP contribution in [0.2, 0.25) is 0 Å². The van der Waals surface area contributed by atoms with Crippen LogP contribution in [-0.2, 0) is 9.53 Å². The zero-order valence-corrected chi connectivity index (χ0v) is 12.5. The van der Waals surface area contributed by atoms with Crippen molar-refractivity contribution in [1.29, 1.82) is 5.26 Å². The average Bonchev–Trinajstić information content (AvgIpc) is 2.52. The maximum absolute atomic E-state index is 11.4. The molecule has 0 N–H and O–H groups in total. The zero-order valence-electron chi connectivity index (χ0n) is 12.5. The van der Waals surface area contributed by atoms with Gasteiger partial charge < -0.3 is 14.2 Å². The molecule has 1 aromatic rings. The number of nitrogens with zero attached hydrogens (tertiary/aromatic N) is 1. The third-order valence-corrected chi connectivity index (χ3v) is 2.78. The number of rotatable bonds is 7. The molecule has 5 heteroatoms. The molecule has 1 rings (SSSR count). The van der Waals surface area contributed by atoms with Crippen LogP contribution in [0.3, 0.4) is 0 Å². The topological polar surface area (TPSA) is 68.5 Å². The molecule has 0 unspecified atom stereocenters. The Labute approximate surface area is 124 Å². The molecule has 0 atom stereocenters. The van der Waals surface area contributed by atoms with Crippen molar-refractivity contribution >= 4 is 12.0 Å². The molecule has 0 spiro atoms. The Morgan fingerprint density at radius 3 is 2.67 bits per heavy atom. The lowest BCUT2D eigenvalue weighted by molar-refractivity contribution is -0.135. The van der Waals surface area contributed by atoms with Crippen LogP contribution in [0.5, 0.6) is 11.5 Å². The number of carbonyl (C=O) groups is 1. The van der Waals surface area contributed by atoms with Gasteiger partial charge in [0.05, 0.1) is 20.8 Å². The van der Waals surface area contributed by atoms with Gasteiger partial charge in [-0.25, -0.2) is 4.79 Å². The summed E-state index contributed by atoms with van der Waals surface area (Å²) in [5.41, 5.74) is 0.593. The van der Waals surface area contributed by atoms with Crippen molar-refractivity contribution < 1.29 is 19.0 Å². The molecule has 0 aliphatic carbocycles. The largest absolute Gasteiger partial charge is 0.493 e. The number of benzene rings is 1. The molecule has 0 heterocycles. The number of unbranched alkanes of at least 4 members (excludes halogenated alkanes) is 1. The van der Waals surface area contributed by atoms with Crippen molar-refractivity contribution in [2.75, 3.05) is 20.8 Å². The first-order valence-corrected chi connectivity index (χ1v) is 6.67. The molecular formula is C16H19NO4. The summed E-state index contributed by atoms with van der Waals surface area (Å²) >= 11 is 0. The fraction of sp³-hybridized carbons (Fsp3) is 0.375. The molecule has 1 aromatic carbocycles. The number of esters is 1. The van der Waals surface area contributed by atoms with Gasteiger partial charge in [0.15, 0.2) is 11.5 Å². The van der Waals surface area contributed by atoms with Crippen molar-refractivity contribution in [2.45, 2.75) is 19.8 Å². The summed E-state index contributed by atoms with van der Waals surface area (Å²) in [6, 6.07) is 7.03. The molecule has 0 radical (unpaired) electrons. The van der Waals surface area contributed by atoms with Crippen LogP contribution in [0, 0.1) is 11.3 Å². The summed E-state index contributed by atoms with van der Waals surface area (Å²) in [5.74, 6) is 0.529. The van der Waals surface area contributed by atoms with Crippen molar-refractivity contribution in [3.63, 3.8) is 0 Å². The summed E-state index contributed by atoms with van der Waals surface area (Å²) in [6.45, 7) is 2.71. The van der Waals surface area contributed by atoms with Crippen LogP contribution < -0.4 is 9.47 Å². The van der Waals surface area contributed by atoms with E-state index in [-0.39, 0.29) is 5.57 Å². The van der Waals surface area contributed by atoms with Gasteiger partial charge >= 0.3 is 5.97 Å². The predicted molar refractivity (Wildman–Crippen MR) is 79.0 cm³/mol. The summed E-state index contributed by atoms with van der Waals surface area (Å²) in [7, 11) is 2.78. The van der Waals surface area contributed by atoms with Crippen molar-refractivity contribution in [2.24, 2.45) is 0 Å². The van der Waals surface area contributed by atoms with Crippen LogP contribution in [0.4, 0.5) is 0 Å². The molecule has 0 bridgehead atoms. The van der Waals surface area contributed by atoms with Crippen LogP contribution in [0.25, 0.3) is 6.08 Å². The van der Waals surface area contributed by atoms with E-state index < -0.39 is 5.97 Å². The number of hydrogen-bond acceptors (Lipinski definition) is 5. The molecule has 5 nitrogen and oxygen atoms in total. The Morgan fingerprint density at radius 1 is 1.33 bits per heavy atom. The second-order valence-corrected chi connectivity index (χ2v) is 4.27. The van der Waals surface area contributed by atoms with Gasteiger partial charge in [-0.15, -0.1) is 0 Å². The Kier molecular flexibility index (Phi) is 6.82. The second kappa shape index (κ2) is 8.64. The smallest absolute Gasteiger partial charge is 0.348 e. The molecule has 0 amide bonds. The molecule has 0 fully saturated rings. The number of ether oxygens (including phenoxy) is 3. The Balaban J connectivity index is 2.99. The van der Waals surface area contributed by atoms with Gasteiger partial charge in [0.1, 0.15) is 11.6 Å². The third kappa shape index (κ3) is 4.84. The van der Waals surface area contributed by atoms with E-state index >= 15 is 0 Å². The Bertz CT molecular complexity index is 558. The normalized spacial score (nSPS) is 10.7. The van der Waals surface area contributed by atoms with Gasteiger partial charge in [0.2, 0.25) is 0 Å². The highest BCUT2D eigenvalue weighted by atomic mass is 16.5. The lowest BCUT2D eigenvalue weighted by Crippen LogP contribution is -2.02. The van der Waals surface area contributed by atoms with Crippen LogP contribution in [0.1, 0.15) is 25.3 Å². The van der Waals surface area contributed by atoms with Crippen LogP contribution in [0.15, 0.2) is 23.8 Å². The third-order valence-electron chi connectivity index (χ3n) is 2.78. The van der Waals surface area contributed by atoms with E-state index in [1.807, 2.05) is 6.07 Å². The first-order chi connectivity index (χ1) is 10.2. The first kappa shape index (κ1) is 16.6. The van der Waals surface area contributed by atoms with E-state index in [2.05, 4.69) is 11.7 Å². The standard InChI is InChI=1S/C16H19NO4/c1-4-5-8-21-14-7-6-12(10-15(14)19-2)9-13(11-17)16(18)20-3/h6-7,9-10H,4-5,8H2,1-3H3. The predicted octanol–water partition coefficient (Wildman–Crippen LogP) is 2.95. The van der Waals surface area contributed by atoms with E-state index in [1.165, 1.54) is 13.2 Å². The van der Waals surface area contributed by atoms with Crippen molar-refractivity contribution in [1.82, 2.24) is 0 Å². The molecule has 112 valence electrons. The minimum atomic E-state index is -0.667. The van der Waals surface area contributed by atoms with Gasteiger partial charge in [-0.1, -0.05) is 19.4 Å². The molecule has 0 saturated carbocycles. The van der Waals surface area contributed by atoms with Crippen LogP contribution >= 0.6 is 0 Å². The van der Waals surface area contributed by atoms with E-state index in [0.717, 1.165) is 12.8 Å². The quantitative estimate of drug-likeness (QED) is 0.334. The highest BCUT2D eigenvalue weighted by Crippen LogP contribution is 2.29. The lowest BCUT2D eigenvalue weighted by Gasteiger charge is -2.11. The van der Waals surface area contributed by atoms with E-state index in [1.54, 1.807) is 25.3 Å². The highest BCUT2D eigenvalue weighted by Gasteiger charge is 2.10. The molecule has 0 aromatic heterocycles. The summed E-state index contributed by atoms with van der Waals surface area (Å²) in [5, 5.41) is 8.94. The number of carbonyl (C=O) groups excluding carboxylic acids is 1.